The largest absolute Gasteiger partial charge is 0.468 e. The van der Waals surface area contributed by atoms with Crippen molar-refractivity contribution < 1.29 is 17.6 Å². The molecule has 10 heteroatoms. The fourth-order valence-corrected chi connectivity index (χ4v) is 4.01. The van der Waals surface area contributed by atoms with Gasteiger partial charge < -0.3 is 9.73 Å². The number of sulfonamides is 1. The number of aromatic nitrogens is 2. The Bertz CT molecular complexity index is 1400. The van der Waals surface area contributed by atoms with Gasteiger partial charge >= 0.3 is 0 Å². The number of carbonyl (C=O) groups is 1. The fraction of sp³-hybridized carbons (Fsp3) is 0.0870. The number of furan rings is 1. The predicted octanol–water partition coefficient (Wildman–Crippen LogP) is 2.62. The van der Waals surface area contributed by atoms with Gasteiger partial charge in [-0.15, -0.1) is 0 Å². The molecule has 0 saturated carbocycles. The molecule has 1 amide bonds. The Morgan fingerprint density at radius 3 is 2.39 bits per heavy atom. The highest BCUT2D eigenvalue weighted by Crippen LogP contribution is 2.15. The Labute approximate surface area is 189 Å². The van der Waals surface area contributed by atoms with Crippen molar-refractivity contribution in [1.82, 2.24) is 14.5 Å². The number of carbonyl (C=O) groups excluding carboxylic acids is 1. The predicted molar refractivity (Wildman–Crippen MR) is 121 cm³/mol. The maximum atomic E-state index is 12.6. The van der Waals surface area contributed by atoms with Gasteiger partial charge in [0, 0.05) is 11.8 Å². The Balaban J connectivity index is 1.43. The van der Waals surface area contributed by atoms with E-state index in [2.05, 4.69) is 15.1 Å². The third-order valence-electron chi connectivity index (χ3n) is 4.71. The number of rotatable bonds is 8. The van der Waals surface area contributed by atoms with Crippen molar-refractivity contribution in [3.8, 4) is 0 Å². The van der Waals surface area contributed by atoms with E-state index in [0.29, 0.717) is 11.4 Å². The first-order chi connectivity index (χ1) is 15.9. The van der Waals surface area contributed by atoms with Crippen LogP contribution in [-0.4, -0.2) is 24.1 Å². The van der Waals surface area contributed by atoms with Gasteiger partial charge in [-0.1, -0.05) is 30.3 Å². The van der Waals surface area contributed by atoms with E-state index < -0.39 is 15.9 Å². The summed E-state index contributed by atoms with van der Waals surface area (Å²) in [5, 5.41) is 6.80. The molecule has 2 aromatic heterocycles. The Hall–Kier alpha value is -4.02. The molecule has 33 heavy (non-hydrogen) atoms. The van der Waals surface area contributed by atoms with Crippen LogP contribution in [0.3, 0.4) is 0 Å². The highest BCUT2D eigenvalue weighted by atomic mass is 32.2. The zero-order valence-corrected chi connectivity index (χ0v) is 18.2. The number of anilines is 1. The first-order valence-corrected chi connectivity index (χ1v) is 11.4. The minimum absolute atomic E-state index is 0.0260. The minimum atomic E-state index is -3.75. The van der Waals surface area contributed by atoms with Crippen LogP contribution in [0, 0.1) is 0 Å². The van der Waals surface area contributed by atoms with E-state index in [9.17, 15) is 18.0 Å². The van der Waals surface area contributed by atoms with E-state index in [1.807, 2.05) is 30.3 Å². The van der Waals surface area contributed by atoms with E-state index in [1.165, 1.54) is 47.3 Å². The van der Waals surface area contributed by atoms with Crippen LogP contribution >= 0.6 is 0 Å². The second-order valence-electron chi connectivity index (χ2n) is 7.08. The van der Waals surface area contributed by atoms with Crippen molar-refractivity contribution in [3.05, 3.63) is 112 Å². The lowest BCUT2D eigenvalue weighted by atomic mass is 10.2. The lowest BCUT2D eigenvalue weighted by Crippen LogP contribution is -2.26. The van der Waals surface area contributed by atoms with Crippen LogP contribution < -0.4 is 15.6 Å². The van der Waals surface area contributed by atoms with Crippen LogP contribution in [0.5, 0.6) is 0 Å². The second kappa shape index (κ2) is 9.63. The molecule has 2 heterocycles. The van der Waals surface area contributed by atoms with Crippen LogP contribution in [0.1, 0.15) is 21.8 Å². The van der Waals surface area contributed by atoms with Crippen LogP contribution in [0.25, 0.3) is 0 Å². The molecule has 4 rings (SSSR count). The van der Waals surface area contributed by atoms with E-state index in [1.54, 1.807) is 12.1 Å². The van der Waals surface area contributed by atoms with E-state index in [4.69, 9.17) is 4.42 Å². The molecule has 0 spiro atoms. The molecule has 0 atom stereocenters. The van der Waals surface area contributed by atoms with Gasteiger partial charge in [0.25, 0.3) is 11.5 Å². The highest BCUT2D eigenvalue weighted by molar-refractivity contribution is 7.89. The quantitative estimate of drug-likeness (QED) is 0.413. The van der Waals surface area contributed by atoms with E-state index in [0.717, 1.165) is 5.56 Å². The molecule has 0 fully saturated rings. The fourth-order valence-electron chi connectivity index (χ4n) is 3.01. The standard InChI is InChI=1S/C23H20N4O5S/c28-22-13-12-21(26-27(22)16-17-5-2-1-3-6-17)23(29)25-18-8-10-20(11-9-18)33(30,31)24-15-19-7-4-14-32-19/h1-14,24H,15-16H2,(H,25,29). The molecule has 0 aliphatic rings. The summed E-state index contributed by atoms with van der Waals surface area (Å²) in [5.41, 5.74) is 0.990. The molecule has 4 aromatic rings. The number of amides is 1. The van der Waals surface area contributed by atoms with Crippen molar-refractivity contribution in [2.45, 2.75) is 18.0 Å². The van der Waals surface area contributed by atoms with Gasteiger partial charge in [-0.05, 0) is 48.0 Å². The summed E-state index contributed by atoms with van der Waals surface area (Å²) in [6, 6.07) is 21.0. The lowest BCUT2D eigenvalue weighted by Gasteiger charge is -2.09. The Morgan fingerprint density at radius 2 is 1.70 bits per heavy atom. The Morgan fingerprint density at radius 1 is 0.939 bits per heavy atom. The SMILES string of the molecule is O=C(Nc1ccc(S(=O)(=O)NCc2ccco2)cc1)c1ccc(=O)n(Cc2ccccc2)n1. The van der Waals surface area contributed by atoms with Crippen molar-refractivity contribution in [3.63, 3.8) is 0 Å². The number of nitrogens with zero attached hydrogens (tertiary/aromatic N) is 2. The van der Waals surface area contributed by atoms with Crippen LogP contribution in [0.4, 0.5) is 5.69 Å². The van der Waals surface area contributed by atoms with Gasteiger partial charge in [0.2, 0.25) is 10.0 Å². The van der Waals surface area contributed by atoms with Gasteiger partial charge in [-0.2, -0.15) is 5.10 Å². The summed E-state index contributed by atoms with van der Waals surface area (Å²) in [5.74, 6) is -0.0353. The molecule has 0 radical (unpaired) electrons. The molecule has 2 N–H and O–H groups in total. The summed E-state index contributed by atoms with van der Waals surface area (Å²) in [6.45, 7) is 0.260. The lowest BCUT2D eigenvalue weighted by molar-refractivity contribution is 0.102. The van der Waals surface area contributed by atoms with Gasteiger partial charge in [0.05, 0.1) is 24.2 Å². The van der Waals surface area contributed by atoms with E-state index in [-0.39, 0.29) is 29.2 Å². The molecule has 9 nitrogen and oxygen atoms in total. The van der Waals surface area contributed by atoms with Crippen molar-refractivity contribution in [2.24, 2.45) is 0 Å². The maximum absolute atomic E-state index is 12.6. The van der Waals surface area contributed by atoms with Crippen LogP contribution in [0.15, 0.2) is 99.2 Å². The van der Waals surface area contributed by atoms with Crippen molar-refractivity contribution in [2.75, 3.05) is 5.32 Å². The number of nitrogens with one attached hydrogen (secondary N) is 2. The normalized spacial score (nSPS) is 11.3. The molecule has 0 aliphatic carbocycles. The molecular formula is C23H20N4O5S. The summed E-state index contributed by atoms with van der Waals surface area (Å²) in [6.07, 6.45) is 1.46. The number of hydrogen-bond donors (Lipinski definition) is 2. The average Bonchev–Trinajstić information content (AvgIpc) is 3.34. The minimum Gasteiger partial charge on any atom is -0.468 e. The molecular weight excluding hydrogens is 444 g/mol. The molecule has 0 bridgehead atoms. The van der Waals surface area contributed by atoms with Crippen LogP contribution in [-0.2, 0) is 23.1 Å². The highest BCUT2D eigenvalue weighted by Gasteiger charge is 2.15. The molecule has 0 saturated heterocycles. The first-order valence-electron chi connectivity index (χ1n) is 9.96. The molecule has 0 aliphatic heterocycles. The smallest absolute Gasteiger partial charge is 0.276 e. The topological polar surface area (TPSA) is 123 Å². The Kier molecular flexibility index (Phi) is 6.48. The van der Waals surface area contributed by atoms with E-state index >= 15 is 0 Å². The number of hydrogen-bond acceptors (Lipinski definition) is 6. The van der Waals surface area contributed by atoms with Crippen molar-refractivity contribution >= 4 is 21.6 Å². The second-order valence-corrected chi connectivity index (χ2v) is 8.85. The molecule has 0 unspecified atom stereocenters. The van der Waals surface area contributed by atoms with Gasteiger partial charge in [-0.3, -0.25) is 9.59 Å². The summed E-state index contributed by atoms with van der Waals surface area (Å²) in [4.78, 5) is 24.8. The maximum Gasteiger partial charge on any atom is 0.276 e. The number of benzene rings is 2. The average molecular weight is 465 g/mol. The monoisotopic (exact) mass is 464 g/mol. The zero-order valence-electron chi connectivity index (χ0n) is 17.3. The zero-order chi connectivity index (χ0) is 23.3. The van der Waals surface area contributed by atoms with Gasteiger partial charge in [0.1, 0.15) is 11.5 Å². The van der Waals surface area contributed by atoms with Crippen LogP contribution in [0.2, 0.25) is 0 Å². The third-order valence-corrected chi connectivity index (χ3v) is 6.13. The van der Waals surface area contributed by atoms with Gasteiger partial charge in [-0.25, -0.2) is 17.8 Å². The first kappa shape index (κ1) is 22.2. The third kappa shape index (κ3) is 5.62. The summed E-state index contributed by atoms with van der Waals surface area (Å²) >= 11 is 0. The molecule has 168 valence electrons. The summed E-state index contributed by atoms with van der Waals surface area (Å²) < 4.78 is 33.6. The summed E-state index contributed by atoms with van der Waals surface area (Å²) in [7, 11) is -3.75. The molecule has 2 aromatic carbocycles. The van der Waals surface area contributed by atoms with Gasteiger partial charge in [0.15, 0.2) is 0 Å². The van der Waals surface area contributed by atoms with Crippen molar-refractivity contribution in [1.29, 1.82) is 0 Å².